The highest BCUT2D eigenvalue weighted by Gasteiger charge is 2.26. The molecule has 2 rings (SSSR count). The molecule has 19 heavy (non-hydrogen) atoms. The maximum absolute atomic E-state index is 12.1. The molecule has 5 heteroatoms. The monoisotopic (exact) mass is 326 g/mol. The molecule has 1 amide bonds. The van der Waals surface area contributed by atoms with Crippen LogP contribution >= 0.6 is 15.9 Å². The van der Waals surface area contributed by atoms with Crippen LogP contribution < -0.4 is 5.73 Å². The zero-order chi connectivity index (χ0) is 13.8. The number of rotatable bonds is 2. The summed E-state index contributed by atoms with van der Waals surface area (Å²) in [5.74, 6) is 0. The summed E-state index contributed by atoms with van der Waals surface area (Å²) in [6.45, 7) is 2.56. The number of piperidine rings is 1. The number of likely N-dealkylation sites (tertiary alicyclic amines) is 1. The number of halogens is 1. The second-order valence-electron chi connectivity index (χ2n) is 4.83. The Morgan fingerprint density at radius 3 is 2.74 bits per heavy atom. The summed E-state index contributed by atoms with van der Waals surface area (Å²) < 4.78 is 6.49. The molecule has 1 heterocycles. The maximum Gasteiger partial charge on any atom is 0.411 e. The molecule has 1 aliphatic heterocycles. The lowest BCUT2D eigenvalue weighted by Crippen LogP contribution is -2.49. The van der Waals surface area contributed by atoms with Gasteiger partial charge in [-0.15, -0.1) is 0 Å². The third-order valence-corrected chi connectivity index (χ3v) is 3.93. The van der Waals surface area contributed by atoms with Gasteiger partial charge in [0.05, 0.1) is 6.17 Å². The number of ether oxygens (including phenoxy) is 1. The zero-order valence-corrected chi connectivity index (χ0v) is 12.6. The van der Waals surface area contributed by atoms with Crippen molar-refractivity contribution in [1.82, 2.24) is 4.90 Å². The first-order valence-corrected chi connectivity index (χ1v) is 7.35. The number of nitrogens with zero attached hydrogens (tertiary/aromatic N) is 1. The Hall–Kier alpha value is -1.07. The SMILES string of the molecule is CC(OC(=O)N1CCCCC1N)c1ccc(Br)cc1. The van der Waals surface area contributed by atoms with Crippen molar-refractivity contribution in [1.29, 1.82) is 0 Å². The van der Waals surface area contributed by atoms with Crippen molar-refractivity contribution in [2.45, 2.75) is 38.5 Å². The maximum atomic E-state index is 12.1. The molecule has 0 bridgehead atoms. The van der Waals surface area contributed by atoms with Crippen molar-refractivity contribution < 1.29 is 9.53 Å². The predicted molar refractivity (Wildman–Crippen MR) is 77.6 cm³/mol. The average molecular weight is 327 g/mol. The lowest BCUT2D eigenvalue weighted by Gasteiger charge is -2.33. The fraction of sp³-hybridized carbons (Fsp3) is 0.500. The Labute approximate surface area is 122 Å². The molecule has 1 fully saturated rings. The van der Waals surface area contributed by atoms with Crippen molar-refractivity contribution in [3.8, 4) is 0 Å². The summed E-state index contributed by atoms with van der Waals surface area (Å²) in [7, 11) is 0. The van der Waals surface area contributed by atoms with Gasteiger partial charge in [-0.05, 0) is 43.9 Å². The average Bonchev–Trinajstić information content (AvgIpc) is 2.39. The molecule has 2 unspecified atom stereocenters. The number of hydrogen-bond donors (Lipinski definition) is 1. The third-order valence-electron chi connectivity index (χ3n) is 3.40. The van der Waals surface area contributed by atoms with Crippen molar-refractivity contribution in [2.75, 3.05) is 6.54 Å². The first kappa shape index (κ1) is 14.3. The first-order valence-electron chi connectivity index (χ1n) is 6.56. The van der Waals surface area contributed by atoms with Gasteiger partial charge in [0.1, 0.15) is 6.10 Å². The van der Waals surface area contributed by atoms with Gasteiger partial charge in [-0.25, -0.2) is 4.79 Å². The number of amides is 1. The van der Waals surface area contributed by atoms with Gasteiger partial charge < -0.3 is 10.5 Å². The topological polar surface area (TPSA) is 55.6 Å². The summed E-state index contributed by atoms with van der Waals surface area (Å²) in [5.41, 5.74) is 6.91. The summed E-state index contributed by atoms with van der Waals surface area (Å²) in [4.78, 5) is 13.7. The molecule has 0 saturated carbocycles. The van der Waals surface area contributed by atoms with Gasteiger partial charge >= 0.3 is 6.09 Å². The Morgan fingerprint density at radius 2 is 2.11 bits per heavy atom. The first-order chi connectivity index (χ1) is 9.08. The molecule has 2 N–H and O–H groups in total. The van der Waals surface area contributed by atoms with Gasteiger partial charge in [-0.1, -0.05) is 28.1 Å². The number of benzene rings is 1. The number of hydrogen-bond acceptors (Lipinski definition) is 3. The molecule has 1 aromatic carbocycles. The highest BCUT2D eigenvalue weighted by Crippen LogP contribution is 2.22. The number of carbonyl (C=O) groups excluding carboxylic acids is 1. The summed E-state index contributed by atoms with van der Waals surface area (Å²) in [6.07, 6.45) is 2.13. The zero-order valence-electron chi connectivity index (χ0n) is 11.0. The Bertz CT molecular complexity index is 436. The van der Waals surface area contributed by atoms with Crippen molar-refractivity contribution >= 4 is 22.0 Å². The van der Waals surface area contributed by atoms with Crippen LogP contribution in [0.4, 0.5) is 4.79 Å². The van der Waals surface area contributed by atoms with Gasteiger partial charge in [0.15, 0.2) is 0 Å². The van der Waals surface area contributed by atoms with Gasteiger partial charge in [0.2, 0.25) is 0 Å². The van der Waals surface area contributed by atoms with Gasteiger partial charge in [-0.3, -0.25) is 4.90 Å². The lowest BCUT2D eigenvalue weighted by molar-refractivity contribution is 0.0481. The molecule has 4 nitrogen and oxygen atoms in total. The molecule has 0 spiro atoms. The fourth-order valence-corrected chi connectivity index (χ4v) is 2.47. The van der Waals surface area contributed by atoms with E-state index >= 15 is 0 Å². The molecule has 104 valence electrons. The molecule has 2 atom stereocenters. The highest BCUT2D eigenvalue weighted by atomic mass is 79.9. The van der Waals surface area contributed by atoms with Crippen molar-refractivity contribution in [3.05, 3.63) is 34.3 Å². The van der Waals surface area contributed by atoms with E-state index in [1.807, 2.05) is 31.2 Å². The summed E-state index contributed by atoms with van der Waals surface area (Å²) in [6, 6.07) is 7.76. The second-order valence-corrected chi connectivity index (χ2v) is 5.75. The van der Waals surface area contributed by atoms with Crippen LogP contribution in [-0.2, 0) is 4.74 Å². The molecule has 1 aromatic rings. The van der Waals surface area contributed by atoms with Crippen molar-refractivity contribution in [2.24, 2.45) is 5.73 Å². The van der Waals surface area contributed by atoms with Crippen molar-refractivity contribution in [3.63, 3.8) is 0 Å². The van der Waals surface area contributed by atoms with E-state index < -0.39 is 0 Å². The van der Waals surface area contributed by atoms with E-state index in [9.17, 15) is 4.79 Å². The van der Waals surface area contributed by atoms with E-state index in [1.165, 1.54) is 0 Å². The summed E-state index contributed by atoms with van der Waals surface area (Å²) in [5, 5.41) is 0. The van der Waals surface area contributed by atoms with Gasteiger partial charge in [0.25, 0.3) is 0 Å². The Balaban J connectivity index is 1.96. The van der Waals surface area contributed by atoms with Gasteiger partial charge in [-0.2, -0.15) is 0 Å². The molecule has 0 aromatic heterocycles. The minimum absolute atomic E-state index is 0.210. The third kappa shape index (κ3) is 3.70. The molecule has 0 radical (unpaired) electrons. The quantitative estimate of drug-likeness (QED) is 0.905. The molecular formula is C14H19BrN2O2. The van der Waals surface area contributed by atoms with E-state index in [-0.39, 0.29) is 18.4 Å². The largest absolute Gasteiger partial charge is 0.441 e. The molecule has 0 aliphatic carbocycles. The van der Waals surface area contributed by atoms with Crippen LogP contribution in [0.1, 0.15) is 37.9 Å². The van der Waals surface area contributed by atoms with Gasteiger partial charge in [0, 0.05) is 11.0 Å². The van der Waals surface area contributed by atoms with Crippen LogP contribution in [0.15, 0.2) is 28.7 Å². The predicted octanol–water partition coefficient (Wildman–Crippen LogP) is 3.42. The van der Waals surface area contributed by atoms with E-state index in [0.717, 1.165) is 29.3 Å². The minimum Gasteiger partial charge on any atom is -0.441 e. The van der Waals surface area contributed by atoms with Crippen LogP contribution in [0.3, 0.4) is 0 Å². The van der Waals surface area contributed by atoms with E-state index in [0.29, 0.717) is 6.54 Å². The van der Waals surface area contributed by atoms with E-state index in [2.05, 4.69) is 15.9 Å². The molecule has 1 saturated heterocycles. The van der Waals surface area contributed by atoms with Crippen LogP contribution in [0.5, 0.6) is 0 Å². The highest BCUT2D eigenvalue weighted by molar-refractivity contribution is 9.10. The Kier molecular flexibility index (Phi) is 4.82. The van der Waals surface area contributed by atoms with E-state index in [4.69, 9.17) is 10.5 Å². The normalized spacial score (nSPS) is 21.0. The lowest BCUT2D eigenvalue weighted by atomic mass is 10.1. The van der Waals surface area contributed by atoms with E-state index in [1.54, 1.807) is 4.90 Å². The number of carbonyl (C=O) groups is 1. The van der Waals surface area contributed by atoms with Crippen LogP contribution in [0, 0.1) is 0 Å². The van der Waals surface area contributed by atoms with Crippen LogP contribution in [0.2, 0.25) is 0 Å². The van der Waals surface area contributed by atoms with Crippen LogP contribution in [0.25, 0.3) is 0 Å². The Morgan fingerprint density at radius 1 is 1.42 bits per heavy atom. The smallest absolute Gasteiger partial charge is 0.411 e. The second kappa shape index (κ2) is 6.39. The molecule has 1 aliphatic rings. The fourth-order valence-electron chi connectivity index (χ4n) is 2.20. The summed E-state index contributed by atoms with van der Waals surface area (Å²) >= 11 is 3.38. The minimum atomic E-state index is -0.317. The van der Waals surface area contributed by atoms with Crippen LogP contribution in [-0.4, -0.2) is 23.7 Å². The standard InChI is InChI=1S/C14H19BrN2O2/c1-10(11-5-7-12(15)8-6-11)19-14(18)17-9-3-2-4-13(17)16/h5-8,10,13H,2-4,9,16H2,1H3. The number of nitrogens with two attached hydrogens (primary N) is 1. The molecular weight excluding hydrogens is 308 g/mol.